The van der Waals surface area contributed by atoms with Gasteiger partial charge in [-0.25, -0.2) is 0 Å². The summed E-state index contributed by atoms with van der Waals surface area (Å²) in [6.45, 7) is 5.99. The SMILES string of the molecule is C=CC(N)CCCCCCCCCCCCCC.Cl. The molecule has 0 saturated carbocycles. The average molecular weight is 290 g/mol. The fraction of sp³-hybridized carbons (Fsp3) is 0.882. The molecule has 1 unspecified atom stereocenters. The van der Waals surface area contributed by atoms with Crippen molar-refractivity contribution in [3.8, 4) is 0 Å². The normalized spacial score (nSPS) is 11.9. The quantitative estimate of drug-likeness (QED) is 0.307. The lowest BCUT2D eigenvalue weighted by Crippen LogP contribution is -2.15. The van der Waals surface area contributed by atoms with Crippen molar-refractivity contribution in [2.45, 2.75) is 96.4 Å². The number of hydrogen-bond acceptors (Lipinski definition) is 1. The molecule has 0 fully saturated rings. The molecule has 2 N–H and O–H groups in total. The van der Waals surface area contributed by atoms with Crippen molar-refractivity contribution in [2.75, 3.05) is 0 Å². The highest BCUT2D eigenvalue weighted by atomic mass is 35.5. The minimum absolute atomic E-state index is 0. The first-order chi connectivity index (χ1) is 8.81. The lowest BCUT2D eigenvalue weighted by molar-refractivity contribution is 0.534. The van der Waals surface area contributed by atoms with E-state index in [0.717, 1.165) is 6.42 Å². The fourth-order valence-corrected chi connectivity index (χ4v) is 2.34. The molecular formula is C17H36ClN. The van der Waals surface area contributed by atoms with E-state index < -0.39 is 0 Å². The second-order valence-corrected chi connectivity index (χ2v) is 5.58. The Kier molecular flexibility index (Phi) is 20.2. The number of hydrogen-bond donors (Lipinski definition) is 1. The Balaban J connectivity index is 0. The lowest BCUT2D eigenvalue weighted by atomic mass is 10.0. The van der Waals surface area contributed by atoms with E-state index >= 15 is 0 Å². The zero-order chi connectivity index (χ0) is 13.5. The molecule has 1 atom stereocenters. The molecule has 2 heteroatoms. The van der Waals surface area contributed by atoms with Crippen LogP contribution in [-0.4, -0.2) is 6.04 Å². The zero-order valence-corrected chi connectivity index (χ0v) is 13.9. The van der Waals surface area contributed by atoms with Gasteiger partial charge in [0.15, 0.2) is 0 Å². The van der Waals surface area contributed by atoms with Gasteiger partial charge in [-0.05, 0) is 6.42 Å². The van der Waals surface area contributed by atoms with Crippen LogP contribution < -0.4 is 5.73 Å². The topological polar surface area (TPSA) is 26.0 Å². The molecule has 0 aliphatic carbocycles. The van der Waals surface area contributed by atoms with Gasteiger partial charge in [0.05, 0.1) is 0 Å². The van der Waals surface area contributed by atoms with Crippen LogP contribution in [0, 0.1) is 0 Å². The van der Waals surface area contributed by atoms with Crippen molar-refractivity contribution in [2.24, 2.45) is 5.73 Å². The largest absolute Gasteiger partial charge is 0.324 e. The predicted octanol–water partition coefficient (Wildman–Crippen LogP) is 6.01. The summed E-state index contributed by atoms with van der Waals surface area (Å²) in [5.41, 5.74) is 5.79. The van der Waals surface area contributed by atoms with E-state index in [1.165, 1.54) is 77.0 Å². The second kappa shape index (κ2) is 18.0. The third-order valence-electron chi connectivity index (χ3n) is 3.69. The number of rotatable bonds is 14. The van der Waals surface area contributed by atoms with Gasteiger partial charge in [-0.2, -0.15) is 0 Å². The van der Waals surface area contributed by atoms with E-state index in [-0.39, 0.29) is 18.4 Å². The van der Waals surface area contributed by atoms with Crippen molar-refractivity contribution in [1.82, 2.24) is 0 Å². The van der Waals surface area contributed by atoms with Crippen molar-refractivity contribution in [3.05, 3.63) is 12.7 Å². The van der Waals surface area contributed by atoms with Crippen molar-refractivity contribution in [1.29, 1.82) is 0 Å². The first-order valence-corrected chi connectivity index (χ1v) is 8.19. The van der Waals surface area contributed by atoms with Crippen LogP contribution in [0.15, 0.2) is 12.7 Å². The molecular weight excluding hydrogens is 254 g/mol. The Morgan fingerprint density at radius 2 is 1.16 bits per heavy atom. The van der Waals surface area contributed by atoms with Gasteiger partial charge in [-0.3, -0.25) is 0 Å². The van der Waals surface area contributed by atoms with Gasteiger partial charge in [0.2, 0.25) is 0 Å². The Morgan fingerprint density at radius 3 is 1.53 bits per heavy atom. The maximum Gasteiger partial charge on any atom is 0.0221 e. The van der Waals surface area contributed by atoms with Crippen molar-refractivity contribution < 1.29 is 0 Å². The molecule has 0 heterocycles. The summed E-state index contributed by atoms with van der Waals surface area (Å²) >= 11 is 0. The smallest absolute Gasteiger partial charge is 0.0221 e. The third-order valence-corrected chi connectivity index (χ3v) is 3.69. The molecule has 0 radical (unpaired) electrons. The summed E-state index contributed by atoms with van der Waals surface area (Å²) in [5, 5.41) is 0. The number of unbranched alkanes of at least 4 members (excludes halogenated alkanes) is 11. The minimum Gasteiger partial charge on any atom is -0.324 e. The maximum absolute atomic E-state index is 5.79. The highest BCUT2D eigenvalue weighted by Crippen LogP contribution is 2.12. The Hall–Kier alpha value is -0.0100. The molecule has 0 saturated heterocycles. The Morgan fingerprint density at radius 1 is 0.789 bits per heavy atom. The van der Waals surface area contributed by atoms with Crippen LogP contribution >= 0.6 is 12.4 Å². The van der Waals surface area contributed by atoms with Gasteiger partial charge >= 0.3 is 0 Å². The predicted molar refractivity (Wildman–Crippen MR) is 91.1 cm³/mol. The summed E-state index contributed by atoms with van der Waals surface area (Å²) < 4.78 is 0. The fourth-order valence-electron chi connectivity index (χ4n) is 2.34. The first kappa shape index (κ1) is 21.3. The molecule has 0 rings (SSSR count). The standard InChI is InChI=1S/C17H35N.ClH/c1-3-5-6-7-8-9-10-11-12-13-14-15-16-17(18)4-2;/h4,17H,2-3,5-16,18H2,1H3;1H. The lowest BCUT2D eigenvalue weighted by Gasteiger charge is -2.05. The summed E-state index contributed by atoms with van der Waals surface area (Å²) in [5.74, 6) is 0. The molecule has 116 valence electrons. The van der Waals surface area contributed by atoms with Gasteiger partial charge in [0, 0.05) is 6.04 Å². The average Bonchev–Trinajstić information content (AvgIpc) is 2.39. The molecule has 0 aromatic carbocycles. The van der Waals surface area contributed by atoms with E-state index in [4.69, 9.17) is 5.73 Å². The zero-order valence-electron chi connectivity index (χ0n) is 13.0. The van der Waals surface area contributed by atoms with E-state index in [2.05, 4.69) is 13.5 Å². The van der Waals surface area contributed by atoms with Crippen molar-refractivity contribution >= 4 is 12.4 Å². The van der Waals surface area contributed by atoms with Crippen LogP contribution in [0.25, 0.3) is 0 Å². The van der Waals surface area contributed by atoms with Crippen LogP contribution in [0.4, 0.5) is 0 Å². The Labute approximate surface area is 127 Å². The summed E-state index contributed by atoms with van der Waals surface area (Å²) in [6, 6.07) is 0.216. The van der Waals surface area contributed by atoms with Gasteiger partial charge in [-0.1, -0.05) is 90.0 Å². The van der Waals surface area contributed by atoms with E-state index in [1.54, 1.807) is 0 Å². The van der Waals surface area contributed by atoms with Gasteiger partial charge < -0.3 is 5.73 Å². The highest BCUT2D eigenvalue weighted by Gasteiger charge is 1.96. The highest BCUT2D eigenvalue weighted by molar-refractivity contribution is 5.85. The van der Waals surface area contributed by atoms with Gasteiger partial charge in [0.25, 0.3) is 0 Å². The molecule has 1 nitrogen and oxygen atoms in total. The number of halogens is 1. The van der Waals surface area contributed by atoms with Crippen molar-refractivity contribution in [3.63, 3.8) is 0 Å². The van der Waals surface area contributed by atoms with Crippen LogP contribution in [0.1, 0.15) is 90.4 Å². The summed E-state index contributed by atoms with van der Waals surface area (Å²) in [4.78, 5) is 0. The molecule has 0 bridgehead atoms. The van der Waals surface area contributed by atoms with Crippen LogP contribution in [-0.2, 0) is 0 Å². The van der Waals surface area contributed by atoms with E-state index in [1.807, 2.05) is 6.08 Å². The second-order valence-electron chi connectivity index (χ2n) is 5.58. The van der Waals surface area contributed by atoms with E-state index in [9.17, 15) is 0 Å². The maximum atomic E-state index is 5.79. The molecule has 0 spiro atoms. The third kappa shape index (κ3) is 18.0. The van der Waals surface area contributed by atoms with Crippen LogP contribution in [0.2, 0.25) is 0 Å². The summed E-state index contributed by atoms with van der Waals surface area (Å²) in [7, 11) is 0. The Bertz CT molecular complexity index is 171. The van der Waals surface area contributed by atoms with E-state index in [0.29, 0.717) is 0 Å². The molecule has 0 aromatic rings. The molecule has 0 aliphatic heterocycles. The van der Waals surface area contributed by atoms with Crippen LogP contribution in [0.5, 0.6) is 0 Å². The first-order valence-electron chi connectivity index (χ1n) is 8.19. The van der Waals surface area contributed by atoms with Gasteiger partial charge in [-0.15, -0.1) is 19.0 Å². The minimum atomic E-state index is 0. The monoisotopic (exact) mass is 289 g/mol. The molecule has 0 aromatic heterocycles. The summed E-state index contributed by atoms with van der Waals surface area (Å²) in [6.07, 6.45) is 19.8. The molecule has 0 amide bonds. The number of nitrogens with two attached hydrogens (primary N) is 1. The molecule has 0 aliphatic rings. The van der Waals surface area contributed by atoms with Gasteiger partial charge in [0.1, 0.15) is 0 Å². The van der Waals surface area contributed by atoms with Crippen LogP contribution in [0.3, 0.4) is 0 Å². The molecule has 19 heavy (non-hydrogen) atoms.